The first-order chi connectivity index (χ1) is 8.69. The molecule has 18 heavy (non-hydrogen) atoms. The van der Waals surface area contributed by atoms with Gasteiger partial charge in [-0.1, -0.05) is 37.7 Å². The lowest BCUT2D eigenvalue weighted by atomic mass is 10.0. The van der Waals surface area contributed by atoms with Gasteiger partial charge in [0.15, 0.2) is 0 Å². The molecule has 4 heteroatoms. The minimum Gasteiger partial charge on any atom is -0.308 e. The highest BCUT2D eigenvalue weighted by Crippen LogP contribution is 2.29. The number of nitrogen functional groups attached to an aromatic ring is 1. The molecule has 0 saturated carbocycles. The topological polar surface area (TPSA) is 50.9 Å². The van der Waals surface area contributed by atoms with E-state index in [9.17, 15) is 0 Å². The summed E-state index contributed by atoms with van der Waals surface area (Å²) in [6, 6.07) is 12.6. The van der Waals surface area contributed by atoms with Crippen LogP contribution in [0, 0.1) is 0 Å². The van der Waals surface area contributed by atoms with Crippen molar-refractivity contribution in [3.05, 3.63) is 48.2 Å². The highest BCUT2D eigenvalue weighted by Gasteiger charge is 2.01. The van der Waals surface area contributed by atoms with Crippen molar-refractivity contribution in [1.29, 1.82) is 0 Å². The van der Waals surface area contributed by atoms with Gasteiger partial charge in [-0.15, -0.1) is 0 Å². The van der Waals surface area contributed by atoms with Crippen molar-refractivity contribution in [3.8, 4) is 0 Å². The second-order valence-electron chi connectivity index (χ2n) is 4.35. The third-order valence-electron chi connectivity index (χ3n) is 2.66. The molecule has 1 heterocycles. The van der Waals surface area contributed by atoms with Crippen molar-refractivity contribution < 1.29 is 0 Å². The van der Waals surface area contributed by atoms with Gasteiger partial charge in [-0.3, -0.25) is 0 Å². The maximum Gasteiger partial charge on any atom is 0.140 e. The average molecular weight is 259 g/mol. The molecule has 0 aliphatic rings. The van der Waals surface area contributed by atoms with E-state index in [1.807, 2.05) is 12.1 Å². The first-order valence-corrected chi connectivity index (χ1v) is 6.71. The minimum absolute atomic E-state index is 0.568. The smallest absolute Gasteiger partial charge is 0.140 e. The van der Waals surface area contributed by atoms with E-state index in [1.165, 1.54) is 10.5 Å². The second-order valence-corrected chi connectivity index (χ2v) is 5.49. The molecule has 1 aromatic carbocycles. The number of benzene rings is 1. The molecular weight excluding hydrogens is 242 g/mol. The van der Waals surface area contributed by atoms with E-state index in [2.05, 4.69) is 48.5 Å². The number of hydrazine groups is 1. The number of nitrogens with zero attached hydrogens (tertiary/aromatic N) is 1. The highest BCUT2D eigenvalue weighted by atomic mass is 32.2. The van der Waals surface area contributed by atoms with Gasteiger partial charge >= 0.3 is 0 Å². The number of rotatable bonds is 4. The maximum atomic E-state index is 5.34. The van der Waals surface area contributed by atoms with Crippen LogP contribution in [0.5, 0.6) is 0 Å². The summed E-state index contributed by atoms with van der Waals surface area (Å²) in [5.41, 5.74) is 3.91. The number of anilines is 1. The van der Waals surface area contributed by atoms with Crippen LogP contribution in [0.25, 0.3) is 0 Å². The molecule has 0 radical (unpaired) electrons. The lowest BCUT2D eigenvalue weighted by molar-refractivity contribution is 0.865. The van der Waals surface area contributed by atoms with E-state index < -0.39 is 0 Å². The van der Waals surface area contributed by atoms with Gasteiger partial charge in [0, 0.05) is 16.0 Å². The molecule has 0 fully saturated rings. The summed E-state index contributed by atoms with van der Waals surface area (Å²) >= 11 is 1.70. The number of aromatic nitrogens is 1. The quantitative estimate of drug-likeness (QED) is 0.650. The Labute approximate surface area is 112 Å². The monoisotopic (exact) mass is 259 g/mol. The summed E-state index contributed by atoms with van der Waals surface area (Å²) in [5, 5.41) is 0. The van der Waals surface area contributed by atoms with Crippen LogP contribution in [0.1, 0.15) is 25.3 Å². The fraction of sp³-hybridized carbons (Fsp3) is 0.214. The van der Waals surface area contributed by atoms with E-state index in [1.54, 1.807) is 18.0 Å². The van der Waals surface area contributed by atoms with Gasteiger partial charge < -0.3 is 5.43 Å². The summed E-state index contributed by atoms with van der Waals surface area (Å²) in [5.74, 6) is 6.59. The molecule has 0 unspecified atom stereocenters. The Morgan fingerprint density at radius 2 is 1.83 bits per heavy atom. The predicted molar refractivity (Wildman–Crippen MR) is 76.7 cm³/mol. The fourth-order valence-corrected chi connectivity index (χ4v) is 2.45. The number of hydrogen-bond donors (Lipinski definition) is 2. The predicted octanol–water partition coefficient (Wildman–Crippen LogP) is 3.64. The third-order valence-corrected chi connectivity index (χ3v) is 3.66. The van der Waals surface area contributed by atoms with E-state index >= 15 is 0 Å². The first-order valence-electron chi connectivity index (χ1n) is 5.89. The SMILES string of the molecule is CC(C)c1ccc(Sc2ccnc(NN)c2)cc1. The molecule has 0 atom stereocenters. The van der Waals surface area contributed by atoms with Crippen LogP contribution in [0.2, 0.25) is 0 Å². The first kappa shape index (κ1) is 12.9. The molecule has 3 nitrogen and oxygen atoms in total. The maximum absolute atomic E-state index is 5.34. The Bertz CT molecular complexity index is 509. The second kappa shape index (κ2) is 5.89. The highest BCUT2D eigenvalue weighted by molar-refractivity contribution is 7.99. The van der Waals surface area contributed by atoms with Gasteiger partial charge in [0.1, 0.15) is 5.82 Å². The molecular formula is C14H17N3S. The van der Waals surface area contributed by atoms with Gasteiger partial charge in [0.2, 0.25) is 0 Å². The summed E-state index contributed by atoms with van der Waals surface area (Å²) in [4.78, 5) is 6.42. The van der Waals surface area contributed by atoms with Crippen LogP contribution in [0.4, 0.5) is 5.82 Å². The van der Waals surface area contributed by atoms with Crippen molar-refractivity contribution in [1.82, 2.24) is 4.98 Å². The van der Waals surface area contributed by atoms with Crippen LogP contribution < -0.4 is 11.3 Å². The van der Waals surface area contributed by atoms with E-state index in [0.717, 1.165) is 4.90 Å². The molecule has 0 spiro atoms. The molecule has 1 aromatic heterocycles. The number of pyridine rings is 1. The van der Waals surface area contributed by atoms with E-state index in [4.69, 9.17) is 5.84 Å². The zero-order valence-corrected chi connectivity index (χ0v) is 11.4. The van der Waals surface area contributed by atoms with Crippen molar-refractivity contribution in [3.63, 3.8) is 0 Å². The fourth-order valence-electron chi connectivity index (χ4n) is 1.61. The van der Waals surface area contributed by atoms with Crippen LogP contribution in [-0.4, -0.2) is 4.98 Å². The average Bonchev–Trinajstić information content (AvgIpc) is 2.39. The van der Waals surface area contributed by atoms with Crippen molar-refractivity contribution in [2.75, 3.05) is 5.43 Å². The molecule has 0 bridgehead atoms. The minimum atomic E-state index is 0.568. The van der Waals surface area contributed by atoms with E-state index in [0.29, 0.717) is 11.7 Å². The lowest BCUT2D eigenvalue weighted by Gasteiger charge is -2.07. The molecule has 2 rings (SSSR count). The Kier molecular flexibility index (Phi) is 4.23. The molecule has 0 amide bonds. The molecule has 0 aliphatic heterocycles. The molecule has 0 aliphatic carbocycles. The number of hydrogen-bond acceptors (Lipinski definition) is 4. The Morgan fingerprint density at radius 3 is 2.44 bits per heavy atom. The Balaban J connectivity index is 2.13. The zero-order chi connectivity index (χ0) is 13.0. The number of nitrogens with one attached hydrogen (secondary N) is 1. The third kappa shape index (κ3) is 3.24. The van der Waals surface area contributed by atoms with Gasteiger partial charge in [-0.05, 0) is 35.7 Å². The molecule has 94 valence electrons. The van der Waals surface area contributed by atoms with Crippen LogP contribution >= 0.6 is 11.8 Å². The summed E-state index contributed by atoms with van der Waals surface area (Å²) in [6.07, 6.45) is 1.75. The Morgan fingerprint density at radius 1 is 1.11 bits per heavy atom. The summed E-state index contributed by atoms with van der Waals surface area (Å²) in [7, 11) is 0. The van der Waals surface area contributed by atoms with Crippen LogP contribution in [0.15, 0.2) is 52.4 Å². The van der Waals surface area contributed by atoms with Crippen molar-refractivity contribution in [2.24, 2.45) is 5.84 Å². The van der Waals surface area contributed by atoms with Gasteiger partial charge in [0.25, 0.3) is 0 Å². The summed E-state index contributed by atoms with van der Waals surface area (Å²) < 4.78 is 0. The standard InChI is InChI=1S/C14H17N3S/c1-10(2)11-3-5-12(6-4-11)18-13-7-8-16-14(9-13)17-15/h3-10H,15H2,1-2H3,(H,16,17). The van der Waals surface area contributed by atoms with E-state index in [-0.39, 0.29) is 0 Å². The lowest BCUT2D eigenvalue weighted by Crippen LogP contribution is -2.07. The summed E-state index contributed by atoms with van der Waals surface area (Å²) in [6.45, 7) is 4.40. The van der Waals surface area contributed by atoms with Crippen LogP contribution in [0.3, 0.4) is 0 Å². The number of nitrogens with two attached hydrogens (primary N) is 1. The van der Waals surface area contributed by atoms with Crippen LogP contribution in [-0.2, 0) is 0 Å². The van der Waals surface area contributed by atoms with Crippen molar-refractivity contribution in [2.45, 2.75) is 29.6 Å². The van der Waals surface area contributed by atoms with Gasteiger partial charge in [-0.2, -0.15) is 0 Å². The largest absolute Gasteiger partial charge is 0.308 e. The molecule has 0 saturated heterocycles. The van der Waals surface area contributed by atoms with Crippen molar-refractivity contribution >= 4 is 17.6 Å². The molecule has 3 N–H and O–H groups in total. The molecule has 2 aromatic rings. The normalized spacial score (nSPS) is 10.7. The zero-order valence-electron chi connectivity index (χ0n) is 10.6. The van der Waals surface area contributed by atoms with Gasteiger partial charge in [0.05, 0.1) is 0 Å². The Hall–Kier alpha value is -1.52. The van der Waals surface area contributed by atoms with Gasteiger partial charge in [-0.25, -0.2) is 10.8 Å².